The first-order chi connectivity index (χ1) is 8.00. The number of rotatable bonds is 6. The van der Waals surface area contributed by atoms with Crippen LogP contribution in [0, 0.1) is 5.92 Å². The van der Waals surface area contributed by atoms with E-state index in [9.17, 15) is 4.79 Å². The van der Waals surface area contributed by atoms with Crippen LogP contribution in [0.3, 0.4) is 0 Å². The van der Waals surface area contributed by atoms with Gasteiger partial charge < -0.3 is 0 Å². The van der Waals surface area contributed by atoms with Gasteiger partial charge in [-0.1, -0.05) is 37.0 Å². The van der Waals surface area contributed by atoms with E-state index in [-0.39, 0.29) is 5.78 Å². The van der Waals surface area contributed by atoms with E-state index in [0.717, 1.165) is 12.2 Å². The molecule has 0 aliphatic rings. The first-order valence-electron chi connectivity index (χ1n) is 5.56. The van der Waals surface area contributed by atoms with Gasteiger partial charge in [0, 0.05) is 10.6 Å². The van der Waals surface area contributed by atoms with Crippen LogP contribution in [0.2, 0.25) is 10.0 Å². The van der Waals surface area contributed by atoms with Gasteiger partial charge in [0.2, 0.25) is 0 Å². The smallest absolute Gasteiger partial charge is 0.174 e. The van der Waals surface area contributed by atoms with Gasteiger partial charge in [0.15, 0.2) is 5.78 Å². The zero-order valence-corrected chi connectivity index (χ0v) is 12.3. The van der Waals surface area contributed by atoms with E-state index >= 15 is 0 Å². The molecule has 0 radical (unpaired) electrons. The van der Waals surface area contributed by atoms with E-state index in [1.165, 1.54) is 0 Å². The lowest BCUT2D eigenvalue weighted by Crippen LogP contribution is -2.04. The van der Waals surface area contributed by atoms with Crippen molar-refractivity contribution in [3.05, 3.63) is 33.8 Å². The number of hydrogen-bond acceptors (Lipinski definition) is 2. The molecule has 0 aliphatic carbocycles. The van der Waals surface area contributed by atoms with Gasteiger partial charge in [0.05, 0.1) is 10.8 Å². The number of Topliss-reactive ketones (excluding diaryl/α,β-unsaturated/α-hetero) is 1. The maximum Gasteiger partial charge on any atom is 0.174 e. The van der Waals surface area contributed by atoms with Crippen LogP contribution >= 0.6 is 35.0 Å². The maximum absolute atomic E-state index is 11.9. The predicted octanol–water partition coefficient (Wildman–Crippen LogP) is 4.96. The SMILES string of the molecule is CC(C)CCSCC(=O)c1ccc(Cl)cc1Cl. The van der Waals surface area contributed by atoms with Crippen LogP contribution in [0.1, 0.15) is 30.6 Å². The zero-order valence-electron chi connectivity index (χ0n) is 10.0. The molecule has 94 valence electrons. The van der Waals surface area contributed by atoms with Crippen molar-refractivity contribution in [2.24, 2.45) is 5.92 Å². The fourth-order valence-electron chi connectivity index (χ4n) is 1.28. The average Bonchev–Trinajstić information content (AvgIpc) is 2.23. The van der Waals surface area contributed by atoms with Crippen molar-refractivity contribution in [2.75, 3.05) is 11.5 Å². The molecule has 0 N–H and O–H groups in total. The Kier molecular flexibility index (Phi) is 6.39. The first kappa shape index (κ1) is 14.9. The maximum atomic E-state index is 11.9. The fraction of sp³-hybridized carbons (Fsp3) is 0.462. The second kappa shape index (κ2) is 7.30. The van der Waals surface area contributed by atoms with E-state index in [1.807, 2.05) is 0 Å². The van der Waals surface area contributed by atoms with Crippen LogP contribution in [0.4, 0.5) is 0 Å². The van der Waals surface area contributed by atoms with Gasteiger partial charge in [0.25, 0.3) is 0 Å². The normalized spacial score (nSPS) is 10.9. The van der Waals surface area contributed by atoms with E-state index < -0.39 is 0 Å². The molecule has 0 bridgehead atoms. The molecule has 0 aliphatic heterocycles. The van der Waals surface area contributed by atoms with Crippen molar-refractivity contribution in [2.45, 2.75) is 20.3 Å². The van der Waals surface area contributed by atoms with Gasteiger partial charge in [0.1, 0.15) is 0 Å². The van der Waals surface area contributed by atoms with Gasteiger partial charge in [-0.3, -0.25) is 4.79 Å². The highest BCUT2D eigenvalue weighted by molar-refractivity contribution is 7.99. The molecule has 0 unspecified atom stereocenters. The molecule has 1 aromatic carbocycles. The van der Waals surface area contributed by atoms with Gasteiger partial charge in [-0.15, -0.1) is 0 Å². The second-order valence-corrected chi connectivity index (χ2v) is 6.23. The molecule has 1 nitrogen and oxygen atoms in total. The summed E-state index contributed by atoms with van der Waals surface area (Å²) in [6, 6.07) is 4.99. The van der Waals surface area contributed by atoms with Crippen molar-refractivity contribution in [3.8, 4) is 0 Å². The average molecular weight is 291 g/mol. The Bertz CT molecular complexity index is 391. The van der Waals surface area contributed by atoms with E-state index in [0.29, 0.717) is 27.3 Å². The van der Waals surface area contributed by atoms with Crippen LogP contribution in [-0.2, 0) is 0 Å². The summed E-state index contributed by atoms with van der Waals surface area (Å²) in [4.78, 5) is 11.9. The Morgan fingerprint density at radius 3 is 2.65 bits per heavy atom. The third kappa shape index (κ3) is 5.33. The molecule has 1 rings (SSSR count). The number of hydrogen-bond donors (Lipinski definition) is 0. The van der Waals surface area contributed by atoms with Gasteiger partial charge in [-0.25, -0.2) is 0 Å². The first-order valence-corrected chi connectivity index (χ1v) is 7.47. The molecule has 1 aromatic rings. The minimum absolute atomic E-state index is 0.0698. The number of ketones is 1. The van der Waals surface area contributed by atoms with Crippen LogP contribution in [0.5, 0.6) is 0 Å². The molecule has 0 spiro atoms. The highest BCUT2D eigenvalue weighted by Gasteiger charge is 2.10. The molecule has 0 amide bonds. The molecular weight excluding hydrogens is 275 g/mol. The van der Waals surface area contributed by atoms with Crippen molar-refractivity contribution >= 4 is 40.7 Å². The lowest BCUT2D eigenvalue weighted by Gasteiger charge is -2.05. The van der Waals surface area contributed by atoms with Crippen LogP contribution < -0.4 is 0 Å². The highest BCUT2D eigenvalue weighted by Crippen LogP contribution is 2.22. The minimum atomic E-state index is 0.0698. The van der Waals surface area contributed by atoms with Gasteiger partial charge in [-0.2, -0.15) is 11.8 Å². The summed E-state index contributed by atoms with van der Waals surface area (Å²) in [5, 5.41) is 0.992. The second-order valence-electron chi connectivity index (χ2n) is 4.28. The Hall–Kier alpha value is -0.180. The molecule has 0 saturated heterocycles. The number of benzene rings is 1. The molecule has 0 fully saturated rings. The summed E-state index contributed by atoms with van der Waals surface area (Å²) in [5.41, 5.74) is 0.563. The summed E-state index contributed by atoms with van der Waals surface area (Å²) < 4.78 is 0. The topological polar surface area (TPSA) is 17.1 Å². The van der Waals surface area contributed by atoms with Crippen LogP contribution in [0.25, 0.3) is 0 Å². The van der Waals surface area contributed by atoms with E-state index in [1.54, 1.807) is 30.0 Å². The lowest BCUT2D eigenvalue weighted by atomic mass is 10.1. The molecular formula is C13H16Cl2OS. The van der Waals surface area contributed by atoms with Crippen molar-refractivity contribution < 1.29 is 4.79 Å². The Morgan fingerprint density at radius 1 is 1.35 bits per heavy atom. The summed E-state index contributed by atoms with van der Waals surface area (Å²) in [6.45, 7) is 4.36. The summed E-state index contributed by atoms with van der Waals surface area (Å²) in [7, 11) is 0. The lowest BCUT2D eigenvalue weighted by molar-refractivity contribution is 0.102. The third-order valence-corrected chi connectivity index (χ3v) is 3.84. The molecule has 0 heterocycles. The van der Waals surface area contributed by atoms with E-state index in [2.05, 4.69) is 13.8 Å². The quantitative estimate of drug-likeness (QED) is 0.544. The molecule has 0 saturated carbocycles. The summed E-state index contributed by atoms with van der Waals surface area (Å²) >= 11 is 13.4. The van der Waals surface area contributed by atoms with Crippen LogP contribution in [0.15, 0.2) is 18.2 Å². The Morgan fingerprint density at radius 2 is 2.06 bits per heavy atom. The largest absolute Gasteiger partial charge is 0.293 e. The molecule has 0 atom stereocenters. The molecule has 4 heteroatoms. The molecule has 0 aromatic heterocycles. The number of halogens is 2. The van der Waals surface area contributed by atoms with Crippen molar-refractivity contribution in [1.29, 1.82) is 0 Å². The number of thioether (sulfide) groups is 1. The van der Waals surface area contributed by atoms with Crippen molar-refractivity contribution in [1.82, 2.24) is 0 Å². The number of carbonyl (C=O) groups excluding carboxylic acids is 1. The fourth-order valence-corrected chi connectivity index (χ4v) is 2.91. The van der Waals surface area contributed by atoms with E-state index in [4.69, 9.17) is 23.2 Å². The predicted molar refractivity (Wildman–Crippen MR) is 77.6 cm³/mol. The molecule has 17 heavy (non-hydrogen) atoms. The minimum Gasteiger partial charge on any atom is -0.293 e. The zero-order chi connectivity index (χ0) is 12.8. The monoisotopic (exact) mass is 290 g/mol. The Balaban J connectivity index is 2.47. The standard InChI is InChI=1S/C13H16Cl2OS/c1-9(2)5-6-17-8-13(16)11-4-3-10(14)7-12(11)15/h3-4,7,9H,5-6,8H2,1-2H3. The summed E-state index contributed by atoms with van der Waals surface area (Å²) in [5.74, 6) is 2.24. The number of carbonyl (C=O) groups is 1. The third-order valence-electron chi connectivity index (χ3n) is 2.30. The highest BCUT2D eigenvalue weighted by atomic mass is 35.5. The van der Waals surface area contributed by atoms with Gasteiger partial charge >= 0.3 is 0 Å². The summed E-state index contributed by atoms with van der Waals surface area (Å²) in [6.07, 6.45) is 1.13. The van der Waals surface area contributed by atoms with Crippen molar-refractivity contribution in [3.63, 3.8) is 0 Å². The Labute approximate surface area is 117 Å². The van der Waals surface area contributed by atoms with Crippen LogP contribution in [-0.4, -0.2) is 17.3 Å². The van der Waals surface area contributed by atoms with Gasteiger partial charge in [-0.05, 0) is 36.3 Å².